The normalized spacial score (nSPS) is 12.0. The van der Waals surface area contributed by atoms with Crippen molar-refractivity contribution >= 4 is 24.2 Å². The minimum absolute atomic E-state index is 0.340. The van der Waals surface area contributed by atoms with Crippen LogP contribution in [0.25, 0.3) is 0 Å². The molecule has 0 aliphatic heterocycles. The second-order valence-corrected chi connectivity index (χ2v) is 15.7. The average molecular weight is 520 g/mol. The number of furan rings is 1. The van der Waals surface area contributed by atoms with Crippen LogP contribution < -0.4 is 0 Å². The fourth-order valence-corrected chi connectivity index (χ4v) is 4.50. The van der Waals surface area contributed by atoms with Crippen LogP contribution in [0.5, 0.6) is 0 Å². The first-order valence-corrected chi connectivity index (χ1v) is 16.6. The van der Waals surface area contributed by atoms with Gasteiger partial charge in [0.1, 0.15) is 5.76 Å². The van der Waals surface area contributed by atoms with Crippen molar-refractivity contribution < 1.29 is 13.9 Å². The standard InChI is InChI=1S/C14H31BrOSi.C12H20O2/c1-14(2,3)17(4,5)16-13-11-9-7-6-8-10-12-15;13-10-6-4-2-1-3-5-8-12-9-7-11-14-12/h6-13H2,1-5H3;7,9,11,13H,1-6,8,10H2. The SMILES string of the molecule is CC(C)(C)[Si](C)(C)OCCCCCCCCBr.OCCCCCCCCc1ccco1. The molecule has 3 nitrogen and oxygen atoms in total. The van der Waals surface area contributed by atoms with Gasteiger partial charge in [-0.2, -0.15) is 0 Å². The van der Waals surface area contributed by atoms with Gasteiger partial charge in [-0.3, -0.25) is 0 Å². The van der Waals surface area contributed by atoms with E-state index in [0.29, 0.717) is 11.6 Å². The van der Waals surface area contributed by atoms with E-state index in [1.165, 1.54) is 64.2 Å². The highest BCUT2D eigenvalue weighted by Crippen LogP contribution is 2.36. The molecule has 0 fully saturated rings. The van der Waals surface area contributed by atoms with Crippen molar-refractivity contribution in [1.29, 1.82) is 0 Å². The first-order chi connectivity index (χ1) is 14.7. The predicted octanol–water partition coefficient (Wildman–Crippen LogP) is 8.90. The molecule has 1 heterocycles. The molecule has 0 amide bonds. The lowest BCUT2D eigenvalue weighted by molar-refractivity contribution is 0.277. The highest BCUT2D eigenvalue weighted by atomic mass is 79.9. The van der Waals surface area contributed by atoms with Gasteiger partial charge in [-0.25, -0.2) is 0 Å². The molecule has 0 unspecified atom stereocenters. The Bertz CT molecular complexity index is 483. The molecule has 1 aromatic heterocycles. The predicted molar refractivity (Wildman–Crippen MR) is 142 cm³/mol. The number of aryl methyl sites for hydroxylation is 1. The third-order valence-electron chi connectivity index (χ3n) is 6.21. The quantitative estimate of drug-likeness (QED) is 0.127. The van der Waals surface area contributed by atoms with Gasteiger partial charge in [0.2, 0.25) is 0 Å². The van der Waals surface area contributed by atoms with E-state index in [0.717, 1.165) is 37.0 Å². The fourth-order valence-electron chi connectivity index (χ4n) is 3.02. The number of rotatable bonds is 17. The van der Waals surface area contributed by atoms with E-state index in [2.05, 4.69) is 49.8 Å². The van der Waals surface area contributed by atoms with Gasteiger partial charge < -0.3 is 13.9 Å². The van der Waals surface area contributed by atoms with Crippen LogP contribution in [0.1, 0.15) is 104 Å². The highest BCUT2D eigenvalue weighted by molar-refractivity contribution is 9.09. The molecule has 1 rings (SSSR count). The molecule has 1 N–H and O–H groups in total. The maximum Gasteiger partial charge on any atom is 0.191 e. The minimum Gasteiger partial charge on any atom is -0.469 e. The van der Waals surface area contributed by atoms with E-state index in [1.54, 1.807) is 6.26 Å². The van der Waals surface area contributed by atoms with Crippen molar-refractivity contribution in [2.75, 3.05) is 18.5 Å². The third-order valence-corrected chi connectivity index (χ3v) is 11.3. The first kappa shape index (κ1) is 30.9. The Morgan fingerprint density at radius 1 is 0.871 bits per heavy atom. The zero-order valence-corrected chi connectivity index (χ0v) is 23.8. The number of halogens is 1. The summed E-state index contributed by atoms with van der Waals surface area (Å²) in [5, 5.41) is 10.1. The fraction of sp³-hybridized carbons (Fsp3) is 0.846. The number of aliphatic hydroxyl groups excluding tert-OH is 1. The molecular formula is C26H51BrO3Si. The van der Waals surface area contributed by atoms with Crippen LogP contribution >= 0.6 is 15.9 Å². The Labute approximate surface area is 203 Å². The lowest BCUT2D eigenvalue weighted by Gasteiger charge is -2.36. The van der Waals surface area contributed by atoms with Gasteiger partial charge in [0.25, 0.3) is 0 Å². The van der Waals surface area contributed by atoms with E-state index < -0.39 is 8.32 Å². The summed E-state index contributed by atoms with van der Waals surface area (Å²) in [6, 6.07) is 3.97. The van der Waals surface area contributed by atoms with E-state index in [4.69, 9.17) is 13.9 Å². The maximum absolute atomic E-state index is 8.58. The topological polar surface area (TPSA) is 42.6 Å². The van der Waals surface area contributed by atoms with Crippen molar-refractivity contribution in [2.45, 2.75) is 122 Å². The van der Waals surface area contributed by atoms with Crippen molar-refractivity contribution in [3.8, 4) is 0 Å². The highest BCUT2D eigenvalue weighted by Gasteiger charge is 2.36. The summed E-state index contributed by atoms with van der Waals surface area (Å²) < 4.78 is 11.4. The molecule has 31 heavy (non-hydrogen) atoms. The van der Waals surface area contributed by atoms with E-state index in [9.17, 15) is 0 Å². The van der Waals surface area contributed by atoms with E-state index >= 15 is 0 Å². The molecule has 0 aromatic carbocycles. The molecule has 0 bridgehead atoms. The van der Waals surface area contributed by atoms with E-state index in [-0.39, 0.29) is 0 Å². The van der Waals surface area contributed by atoms with Crippen LogP contribution in [-0.4, -0.2) is 32.0 Å². The molecule has 0 spiro atoms. The van der Waals surface area contributed by atoms with Gasteiger partial charge in [0.05, 0.1) is 6.26 Å². The molecule has 184 valence electrons. The third kappa shape index (κ3) is 18.1. The minimum atomic E-state index is -1.49. The van der Waals surface area contributed by atoms with Gasteiger partial charge in [-0.05, 0) is 55.9 Å². The van der Waals surface area contributed by atoms with Crippen LogP contribution in [-0.2, 0) is 10.8 Å². The number of alkyl halides is 1. The van der Waals surface area contributed by atoms with Gasteiger partial charge in [-0.15, -0.1) is 0 Å². The van der Waals surface area contributed by atoms with Crippen molar-refractivity contribution in [1.82, 2.24) is 0 Å². The zero-order chi connectivity index (χ0) is 23.4. The molecule has 0 aliphatic carbocycles. The molecule has 1 aromatic rings. The Hall–Kier alpha value is -0.103. The zero-order valence-electron chi connectivity index (χ0n) is 21.2. The Morgan fingerprint density at radius 2 is 1.42 bits per heavy atom. The summed E-state index contributed by atoms with van der Waals surface area (Å²) in [6.45, 7) is 12.9. The monoisotopic (exact) mass is 518 g/mol. The Morgan fingerprint density at radius 3 is 1.94 bits per heavy atom. The maximum atomic E-state index is 8.58. The average Bonchev–Trinajstić information content (AvgIpc) is 3.22. The summed E-state index contributed by atoms with van der Waals surface area (Å²) in [5.74, 6) is 1.10. The largest absolute Gasteiger partial charge is 0.469 e. The lowest BCUT2D eigenvalue weighted by Crippen LogP contribution is -2.40. The van der Waals surface area contributed by atoms with Crippen molar-refractivity contribution in [3.05, 3.63) is 24.2 Å². The number of aliphatic hydroxyl groups is 1. The molecule has 5 heteroatoms. The molecule has 0 atom stereocenters. The summed E-state index contributed by atoms with van der Waals surface area (Å²) >= 11 is 3.47. The van der Waals surface area contributed by atoms with Gasteiger partial charge >= 0.3 is 0 Å². The number of hydrogen-bond donors (Lipinski definition) is 1. The van der Waals surface area contributed by atoms with Gasteiger partial charge in [0.15, 0.2) is 8.32 Å². The molecule has 0 aliphatic rings. The molecule has 0 saturated heterocycles. The lowest BCUT2D eigenvalue weighted by atomic mass is 10.1. The summed E-state index contributed by atoms with van der Waals surface area (Å²) in [6.07, 6.45) is 17.9. The Kier molecular flexibility index (Phi) is 19.3. The van der Waals surface area contributed by atoms with Gasteiger partial charge in [0, 0.05) is 25.0 Å². The first-order valence-electron chi connectivity index (χ1n) is 12.6. The van der Waals surface area contributed by atoms with Crippen LogP contribution in [0.4, 0.5) is 0 Å². The van der Waals surface area contributed by atoms with Crippen LogP contribution in [0.2, 0.25) is 18.1 Å². The van der Waals surface area contributed by atoms with Crippen molar-refractivity contribution in [2.24, 2.45) is 0 Å². The molecule has 0 radical (unpaired) electrons. The molecule has 0 saturated carbocycles. The summed E-state index contributed by atoms with van der Waals surface area (Å²) in [4.78, 5) is 0. The Balaban J connectivity index is 0.000000590. The van der Waals surface area contributed by atoms with Crippen LogP contribution in [0.15, 0.2) is 22.8 Å². The number of hydrogen-bond acceptors (Lipinski definition) is 3. The second kappa shape index (κ2) is 19.4. The summed E-state index contributed by atoms with van der Waals surface area (Å²) in [7, 11) is -1.49. The van der Waals surface area contributed by atoms with Crippen molar-refractivity contribution in [3.63, 3.8) is 0 Å². The second-order valence-electron chi connectivity index (χ2n) is 10.1. The van der Waals surface area contributed by atoms with E-state index in [1.807, 2.05) is 12.1 Å². The molecular weight excluding hydrogens is 468 g/mol. The number of unbranched alkanes of at least 4 members (excludes halogenated alkanes) is 10. The smallest absolute Gasteiger partial charge is 0.191 e. The summed E-state index contributed by atoms with van der Waals surface area (Å²) in [5.41, 5.74) is 0. The van der Waals surface area contributed by atoms with Crippen LogP contribution in [0, 0.1) is 0 Å². The van der Waals surface area contributed by atoms with Gasteiger partial charge in [-0.1, -0.05) is 88.1 Å². The van der Waals surface area contributed by atoms with Crippen LogP contribution in [0.3, 0.4) is 0 Å².